The first-order valence-electron chi connectivity index (χ1n) is 6.49. The summed E-state index contributed by atoms with van der Waals surface area (Å²) < 4.78 is 0. The van der Waals surface area contributed by atoms with E-state index in [1.807, 2.05) is 0 Å². The molecule has 82 valence electrons. The van der Waals surface area contributed by atoms with Gasteiger partial charge in [-0.3, -0.25) is 0 Å². The van der Waals surface area contributed by atoms with Gasteiger partial charge in [-0.25, -0.2) is 0 Å². The second kappa shape index (κ2) is 4.22. The van der Waals surface area contributed by atoms with Gasteiger partial charge in [-0.05, 0) is 50.0 Å². The molecule has 2 atom stereocenters. The Morgan fingerprint density at radius 3 is 2.57 bits per heavy atom. The largest absolute Gasteiger partial charge is 0.314 e. The van der Waals surface area contributed by atoms with Crippen molar-refractivity contribution in [1.29, 1.82) is 0 Å². The third-order valence-electron chi connectivity index (χ3n) is 4.75. The number of hydrogen-bond acceptors (Lipinski definition) is 1. The molecule has 1 aliphatic carbocycles. The molecule has 0 aromatic carbocycles. The quantitative estimate of drug-likeness (QED) is 0.728. The molecule has 0 aromatic rings. The Labute approximate surface area is 88.7 Å². The zero-order valence-electron chi connectivity index (χ0n) is 9.81. The van der Waals surface area contributed by atoms with E-state index in [4.69, 9.17) is 0 Å². The predicted octanol–water partition coefficient (Wildman–Crippen LogP) is 3.34. The maximum absolute atomic E-state index is 3.73. The van der Waals surface area contributed by atoms with Gasteiger partial charge in [-0.1, -0.05) is 26.7 Å². The molecule has 2 rings (SSSR count). The molecular formula is C13H25N. The van der Waals surface area contributed by atoms with Gasteiger partial charge in [0.2, 0.25) is 0 Å². The molecule has 1 saturated carbocycles. The highest BCUT2D eigenvalue weighted by Gasteiger charge is 2.38. The summed E-state index contributed by atoms with van der Waals surface area (Å²) in [7, 11) is 0. The van der Waals surface area contributed by atoms with E-state index in [0.29, 0.717) is 0 Å². The number of rotatable bonds is 3. The first kappa shape index (κ1) is 10.5. The average molecular weight is 195 g/mol. The molecule has 14 heavy (non-hydrogen) atoms. The first-order valence-corrected chi connectivity index (χ1v) is 6.49. The third-order valence-corrected chi connectivity index (χ3v) is 4.75. The van der Waals surface area contributed by atoms with Crippen molar-refractivity contribution in [3.8, 4) is 0 Å². The Morgan fingerprint density at radius 1 is 1.29 bits per heavy atom. The molecule has 0 bridgehead atoms. The van der Waals surface area contributed by atoms with Gasteiger partial charge >= 0.3 is 0 Å². The number of nitrogens with one attached hydrogen (secondary N) is 1. The summed E-state index contributed by atoms with van der Waals surface area (Å²) in [6, 6.07) is 0.823. The van der Waals surface area contributed by atoms with Crippen LogP contribution in [0.5, 0.6) is 0 Å². The summed E-state index contributed by atoms with van der Waals surface area (Å²) in [6.07, 6.45) is 10.1. The van der Waals surface area contributed by atoms with Crippen LogP contribution >= 0.6 is 0 Å². The molecule has 1 aliphatic heterocycles. The normalized spacial score (nSPS) is 36.4. The van der Waals surface area contributed by atoms with Gasteiger partial charge in [0.1, 0.15) is 0 Å². The number of piperidine rings is 1. The van der Waals surface area contributed by atoms with Crippen molar-refractivity contribution in [3.05, 3.63) is 0 Å². The van der Waals surface area contributed by atoms with Crippen LogP contribution in [0, 0.1) is 11.3 Å². The molecule has 1 heterocycles. The Morgan fingerprint density at radius 2 is 2.07 bits per heavy atom. The Kier molecular flexibility index (Phi) is 3.16. The molecule has 0 radical (unpaired) electrons. The van der Waals surface area contributed by atoms with Crippen LogP contribution in [0.1, 0.15) is 58.8 Å². The van der Waals surface area contributed by atoms with Gasteiger partial charge in [0.05, 0.1) is 0 Å². The van der Waals surface area contributed by atoms with Crippen molar-refractivity contribution in [2.45, 2.75) is 64.8 Å². The molecule has 2 fully saturated rings. The lowest BCUT2D eigenvalue weighted by Crippen LogP contribution is -2.45. The van der Waals surface area contributed by atoms with Crippen LogP contribution in [0.15, 0.2) is 0 Å². The van der Waals surface area contributed by atoms with Crippen LogP contribution in [0.3, 0.4) is 0 Å². The molecular weight excluding hydrogens is 170 g/mol. The minimum atomic E-state index is 0.739. The third kappa shape index (κ3) is 1.98. The van der Waals surface area contributed by atoms with Crippen molar-refractivity contribution in [2.75, 3.05) is 6.54 Å². The standard InChI is InChI=1S/C13H25N/c1-3-13(7-5-8-13)10-12-11(2)6-4-9-14-12/h11-12,14H,3-10H2,1-2H3. The second-order valence-corrected chi connectivity index (χ2v) is 5.59. The maximum Gasteiger partial charge on any atom is 0.00979 e. The van der Waals surface area contributed by atoms with Crippen LogP contribution in [-0.2, 0) is 0 Å². The van der Waals surface area contributed by atoms with Crippen molar-refractivity contribution in [3.63, 3.8) is 0 Å². The maximum atomic E-state index is 3.73. The summed E-state index contributed by atoms with van der Waals surface area (Å²) in [5, 5.41) is 3.73. The van der Waals surface area contributed by atoms with Crippen LogP contribution in [0.4, 0.5) is 0 Å². The smallest absolute Gasteiger partial charge is 0.00979 e. The molecule has 0 amide bonds. The van der Waals surface area contributed by atoms with Crippen molar-refractivity contribution >= 4 is 0 Å². The van der Waals surface area contributed by atoms with Crippen molar-refractivity contribution in [2.24, 2.45) is 11.3 Å². The van der Waals surface area contributed by atoms with Crippen molar-refractivity contribution < 1.29 is 0 Å². The predicted molar refractivity (Wildman–Crippen MR) is 61.4 cm³/mol. The summed E-state index contributed by atoms with van der Waals surface area (Å²) in [5.74, 6) is 0.910. The van der Waals surface area contributed by atoms with E-state index in [-0.39, 0.29) is 0 Å². The zero-order valence-corrected chi connectivity index (χ0v) is 9.81. The fourth-order valence-electron chi connectivity index (χ4n) is 3.23. The number of hydrogen-bond donors (Lipinski definition) is 1. The Hall–Kier alpha value is -0.0400. The summed E-state index contributed by atoms with van der Waals surface area (Å²) in [6.45, 7) is 6.07. The molecule has 1 heteroatoms. The summed E-state index contributed by atoms with van der Waals surface area (Å²) in [4.78, 5) is 0. The molecule has 0 aromatic heterocycles. The zero-order chi connectivity index (χ0) is 10.0. The lowest BCUT2D eigenvalue weighted by atomic mass is 9.62. The first-order chi connectivity index (χ1) is 6.76. The fourth-order valence-corrected chi connectivity index (χ4v) is 3.23. The molecule has 1 nitrogen and oxygen atoms in total. The van der Waals surface area contributed by atoms with Crippen LogP contribution < -0.4 is 5.32 Å². The van der Waals surface area contributed by atoms with E-state index in [1.54, 1.807) is 0 Å². The van der Waals surface area contributed by atoms with Crippen LogP contribution in [0.2, 0.25) is 0 Å². The highest BCUT2D eigenvalue weighted by Crippen LogP contribution is 2.48. The topological polar surface area (TPSA) is 12.0 Å². The van der Waals surface area contributed by atoms with Gasteiger partial charge in [0.15, 0.2) is 0 Å². The molecule has 0 spiro atoms. The fraction of sp³-hybridized carbons (Fsp3) is 1.00. The van der Waals surface area contributed by atoms with E-state index in [1.165, 1.54) is 51.5 Å². The molecule has 2 aliphatic rings. The van der Waals surface area contributed by atoms with E-state index in [2.05, 4.69) is 19.2 Å². The lowest BCUT2D eigenvalue weighted by Gasteiger charge is -2.46. The monoisotopic (exact) mass is 195 g/mol. The molecule has 1 N–H and O–H groups in total. The SMILES string of the molecule is CCC1(CC2NCCCC2C)CCC1. The van der Waals surface area contributed by atoms with Gasteiger partial charge in [-0.2, -0.15) is 0 Å². The van der Waals surface area contributed by atoms with Crippen molar-refractivity contribution in [1.82, 2.24) is 5.32 Å². The highest BCUT2D eigenvalue weighted by atomic mass is 14.9. The van der Waals surface area contributed by atoms with E-state index in [9.17, 15) is 0 Å². The summed E-state index contributed by atoms with van der Waals surface area (Å²) >= 11 is 0. The molecule has 1 saturated heterocycles. The van der Waals surface area contributed by atoms with E-state index < -0.39 is 0 Å². The van der Waals surface area contributed by atoms with Gasteiger partial charge < -0.3 is 5.32 Å². The van der Waals surface area contributed by atoms with Crippen LogP contribution in [0.25, 0.3) is 0 Å². The molecule has 2 unspecified atom stereocenters. The Balaban J connectivity index is 1.88. The van der Waals surface area contributed by atoms with Gasteiger partial charge in [0.25, 0.3) is 0 Å². The second-order valence-electron chi connectivity index (χ2n) is 5.59. The summed E-state index contributed by atoms with van der Waals surface area (Å²) in [5.41, 5.74) is 0.739. The lowest BCUT2D eigenvalue weighted by molar-refractivity contribution is 0.0777. The average Bonchev–Trinajstić information content (AvgIpc) is 2.14. The Bertz CT molecular complexity index is 178. The van der Waals surface area contributed by atoms with Gasteiger partial charge in [0, 0.05) is 6.04 Å². The van der Waals surface area contributed by atoms with Crippen LogP contribution in [-0.4, -0.2) is 12.6 Å². The van der Waals surface area contributed by atoms with E-state index >= 15 is 0 Å². The highest BCUT2D eigenvalue weighted by molar-refractivity contribution is 4.92. The minimum Gasteiger partial charge on any atom is -0.314 e. The van der Waals surface area contributed by atoms with Gasteiger partial charge in [-0.15, -0.1) is 0 Å². The van der Waals surface area contributed by atoms with E-state index in [0.717, 1.165) is 17.4 Å². The minimum absolute atomic E-state index is 0.739.